The van der Waals surface area contributed by atoms with E-state index in [2.05, 4.69) is 10.3 Å². The van der Waals surface area contributed by atoms with Crippen LogP contribution in [0.5, 0.6) is 11.6 Å². The number of aryl methyl sites for hydroxylation is 2. The van der Waals surface area contributed by atoms with E-state index in [1.54, 1.807) is 37.3 Å². The quantitative estimate of drug-likeness (QED) is 0.646. The Labute approximate surface area is 166 Å². The van der Waals surface area contributed by atoms with E-state index in [9.17, 15) is 13.6 Å². The fourth-order valence-corrected chi connectivity index (χ4v) is 2.70. The molecule has 146 valence electrons. The Balaban J connectivity index is 1.63. The predicted octanol–water partition coefficient (Wildman–Crippen LogP) is 4.90. The normalized spacial score (nSPS) is 10.3. The summed E-state index contributed by atoms with van der Waals surface area (Å²) in [6.45, 7) is 1.79. The largest absolute Gasteiger partial charge is 0.438 e. The van der Waals surface area contributed by atoms with Crippen LogP contribution in [0.4, 0.5) is 14.5 Å². The molecule has 0 saturated carbocycles. The van der Waals surface area contributed by atoms with Crippen LogP contribution < -0.4 is 10.1 Å². The Morgan fingerprint density at radius 2 is 2.03 bits per heavy atom. The zero-order chi connectivity index (χ0) is 20.8. The Hall–Kier alpha value is -3.79. The molecule has 0 aliphatic carbocycles. The second-order valence-electron chi connectivity index (χ2n) is 6.33. The van der Waals surface area contributed by atoms with Crippen molar-refractivity contribution in [1.29, 1.82) is 5.26 Å². The summed E-state index contributed by atoms with van der Waals surface area (Å²) in [6, 6.07) is 13.4. The van der Waals surface area contributed by atoms with Crippen LogP contribution in [0.3, 0.4) is 0 Å². The molecule has 7 heteroatoms. The third-order valence-electron chi connectivity index (χ3n) is 4.21. The summed E-state index contributed by atoms with van der Waals surface area (Å²) < 4.78 is 32.5. The molecule has 1 aromatic heterocycles. The number of ether oxygens (including phenoxy) is 1. The number of amides is 1. The minimum Gasteiger partial charge on any atom is -0.438 e. The van der Waals surface area contributed by atoms with Gasteiger partial charge in [0.15, 0.2) is 0 Å². The lowest BCUT2D eigenvalue weighted by atomic mass is 10.1. The topological polar surface area (TPSA) is 75.0 Å². The van der Waals surface area contributed by atoms with Crippen LogP contribution >= 0.6 is 0 Å². The summed E-state index contributed by atoms with van der Waals surface area (Å²) in [5, 5.41) is 11.8. The van der Waals surface area contributed by atoms with Gasteiger partial charge in [-0.3, -0.25) is 4.79 Å². The van der Waals surface area contributed by atoms with Gasteiger partial charge in [0.2, 0.25) is 11.8 Å². The van der Waals surface area contributed by atoms with Gasteiger partial charge in [-0.2, -0.15) is 5.26 Å². The molecular weight excluding hydrogens is 376 g/mol. The molecule has 0 aliphatic rings. The number of carbonyl (C=O) groups excluding carboxylic acids is 1. The van der Waals surface area contributed by atoms with E-state index < -0.39 is 11.6 Å². The van der Waals surface area contributed by atoms with Crippen molar-refractivity contribution >= 4 is 11.6 Å². The third kappa shape index (κ3) is 5.14. The van der Waals surface area contributed by atoms with Crippen molar-refractivity contribution in [2.24, 2.45) is 0 Å². The zero-order valence-electron chi connectivity index (χ0n) is 15.6. The molecule has 3 aromatic rings. The number of carbonyl (C=O) groups is 1. The molecule has 3 rings (SSSR count). The smallest absolute Gasteiger partial charge is 0.237 e. The van der Waals surface area contributed by atoms with Crippen LogP contribution in [0.1, 0.15) is 23.1 Å². The molecule has 0 fully saturated rings. The highest BCUT2D eigenvalue weighted by molar-refractivity contribution is 5.91. The third-order valence-corrected chi connectivity index (χ3v) is 4.21. The molecule has 0 radical (unpaired) electrons. The fraction of sp³-hybridized carbons (Fsp3) is 0.136. The van der Waals surface area contributed by atoms with Gasteiger partial charge in [0.1, 0.15) is 29.0 Å². The van der Waals surface area contributed by atoms with Crippen LogP contribution in [-0.2, 0) is 11.2 Å². The maximum absolute atomic E-state index is 13.7. The lowest BCUT2D eigenvalue weighted by Crippen LogP contribution is -2.13. The molecule has 0 unspecified atom stereocenters. The SMILES string of the molecule is Cc1cc(Oc2ncccc2C#N)ccc1NC(=O)CCc1cc(F)ccc1F. The Bertz CT molecular complexity index is 1090. The maximum atomic E-state index is 13.7. The van der Waals surface area contributed by atoms with Gasteiger partial charge in [-0.05, 0) is 73.0 Å². The summed E-state index contributed by atoms with van der Waals surface area (Å²) in [7, 11) is 0. The first-order valence-corrected chi connectivity index (χ1v) is 8.83. The molecule has 0 bridgehead atoms. The number of nitrogens with zero attached hydrogens (tertiary/aromatic N) is 2. The predicted molar refractivity (Wildman–Crippen MR) is 104 cm³/mol. The fourth-order valence-electron chi connectivity index (χ4n) is 2.70. The standard InChI is InChI=1S/C22H17F2N3O2/c1-14-11-18(29-22-16(13-25)3-2-10-26-22)6-8-20(14)27-21(28)9-4-15-12-17(23)5-7-19(15)24/h2-3,5-8,10-12H,4,9H2,1H3,(H,27,28). The minimum atomic E-state index is -0.541. The van der Waals surface area contributed by atoms with E-state index >= 15 is 0 Å². The molecule has 1 N–H and O–H groups in total. The number of halogens is 2. The summed E-state index contributed by atoms with van der Waals surface area (Å²) in [6.07, 6.45) is 1.63. The van der Waals surface area contributed by atoms with Gasteiger partial charge in [0, 0.05) is 18.3 Å². The van der Waals surface area contributed by atoms with Crippen molar-refractivity contribution in [2.45, 2.75) is 19.8 Å². The van der Waals surface area contributed by atoms with E-state index in [0.717, 1.165) is 23.8 Å². The molecule has 2 aromatic carbocycles. The highest BCUT2D eigenvalue weighted by Crippen LogP contribution is 2.27. The Morgan fingerprint density at radius 1 is 1.21 bits per heavy atom. The molecule has 0 atom stereocenters. The number of benzene rings is 2. The summed E-state index contributed by atoms with van der Waals surface area (Å²) in [5.74, 6) is -0.730. The lowest BCUT2D eigenvalue weighted by molar-refractivity contribution is -0.116. The molecular formula is C22H17F2N3O2. The minimum absolute atomic E-state index is 0.0114. The van der Waals surface area contributed by atoms with Gasteiger partial charge in [0.25, 0.3) is 0 Å². The number of anilines is 1. The van der Waals surface area contributed by atoms with Gasteiger partial charge >= 0.3 is 0 Å². The van der Waals surface area contributed by atoms with Gasteiger partial charge < -0.3 is 10.1 Å². The van der Waals surface area contributed by atoms with Gasteiger partial charge in [-0.15, -0.1) is 0 Å². The van der Waals surface area contributed by atoms with Crippen molar-refractivity contribution in [3.05, 3.63) is 83.1 Å². The second kappa shape index (κ2) is 8.93. The van der Waals surface area contributed by atoms with Crippen LogP contribution in [0.15, 0.2) is 54.7 Å². The van der Waals surface area contributed by atoms with E-state index in [4.69, 9.17) is 10.00 Å². The van der Waals surface area contributed by atoms with Gasteiger partial charge in [-0.25, -0.2) is 13.8 Å². The number of hydrogen-bond donors (Lipinski definition) is 1. The first-order valence-electron chi connectivity index (χ1n) is 8.83. The molecule has 0 saturated heterocycles. The molecule has 29 heavy (non-hydrogen) atoms. The number of hydrogen-bond acceptors (Lipinski definition) is 4. The highest BCUT2D eigenvalue weighted by Gasteiger charge is 2.11. The van der Waals surface area contributed by atoms with E-state index in [1.807, 2.05) is 6.07 Å². The summed E-state index contributed by atoms with van der Waals surface area (Å²) in [5.41, 5.74) is 1.78. The van der Waals surface area contributed by atoms with Crippen molar-refractivity contribution in [1.82, 2.24) is 4.98 Å². The van der Waals surface area contributed by atoms with Crippen LogP contribution in [0, 0.1) is 29.9 Å². The highest BCUT2D eigenvalue weighted by atomic mass is 19.1. The Morgan fingerprint density at radius 3 is 2.79 bits per heavy atom. The second-order valence-corrected chi connectivity index (χ2v) is 6.33. The number of aromatic nitrogens is 1. The van der Waals surface area contributed by atoms with E-state index in [0.29, 0.717) is 17.0 Å². The monoisotopic (exact) mass is 393 g/mol. The first kappa shape index (κ1) is 20.0. The van der Waals surface area contributed by atoms with Gasteiger partial charge in [0.05, 0.1) is 0 Å². The zero-order valence-corrected chi connectivity index (χ0v) is 15.6. The van der Waals surface area contributed by atoms with Crippen molar-refractivity contribution in [2.75, 3.05) is 5.32 Å². The number of nitrogens with one attached hydrogen (secondary N) is 1. The molecule has 1 heterocycles. The van der Waals surface area contributed by atoms with Crippen LogP contribution in [0.25, 0.3) is 0 Å². The first-order chi connectivity index (χ1) is 14.0. The average Bonchev–Trinajstić information content (AvgIpc) is 2.71. The van der Waals surface area contributed by atoms with Crippen LogP contribution in [-0.4, -0.2) is 10.9 Å². The number of nitriles is 1. The number of pyridine rings is 1. The molecule has 1 amide bonds. The number of rotatable bonds is 6. The Kier molecular flexibility index (Phi) is 6.15. The average molecular weight is 393 g/mol. The van der Waals surface area contributed by atoms with E-state index in [-0.39, 0.29) is 30.2 Å². The van der Waals surface area contributed by atoms with Crippen molar-refractivity contribution in [3.63, 3.8) is 0 Å². The van der Waals surface area contributed by atoms with Crippen molar-refractivity contribution < 1.29 is 18.3 Å². The van der Waals surface area contributed by atoms with Crippen molar-refractivity contribution in [3.8, 4) is 17.7 Å². The molecule has 5 nitrogen and oxygen atoms in total. The molecule has 0 spiro atoms. The van der Waals surface area contributed by atoms with Gasteiger partial charge in [-0.1, -0.05) is 0 Å². The lowest BCUT2D eigenvalue weighted by Gasteiger charge is -2.11. The summed E-state index contributed by atoms with van der Waals surface area (Å²) >= 11 is 0. The maximum Gasteiger partial charge on any atom is 0.237 e. The van der Waals surface area contributed by atoms with E-state index in [1.165, 1.54) is 6.20 Å². The van der Waals surface area contributed by atoms with Crippen LogP contribution in [0.2, 0.25) is 0 Å². The molecule has 0 aliphatic heterocycles. The summed E-state index contributed by atoms with van der Waals surface area (Å²) in [4.78, 5) is 16.2.